The number of hydrogen-bond donors (Lipinski definition) is 2. The molecule has 0 bridgehead atoms. The van der Waals surface area contributed by atoms with Crippen molar-refractivity contribution in [3.05, 3.63) is 12.2 Å². The summed E-state index contributed by atoms with van der Waals surface area (Å²) < 4.78 is 0.186. The highest BCUT2D eigenvalue weighted by Crippen LogP contribution is 2.22. The Balaban J connectivity index is 4.40. The maximum atomic E-state index is 11.6. The molecule has 3 unspecified atom stereocenters. The van der Waals surface area contributed by atoms with Gasteiger partial charge < -0.3 is 24.6 Å². The van der Waals surface area contributed by atoms with Crippen LogP contribution in [0.15, 0.2) is 12.2 Å². The maximum absolute atomic E-state index is 11.6. The Morgan fingerprint density at radius 3 is 1.32 bits per heavy atom. The van der Waals surface area contributed by atoms with Crippen LogP contribution in [0.3, 0.4) is 0 Å². The number of rotatable bonds is 26. The second-order valence-electron chi connectivity index (χ2n) is 11.6. The molecular weight excluding hydrogens is 482 g/mol. The SMILES string of the molecule is C/C=C/CCCCCCCCCCCCCCCC[N+](CC(C)C(=O)[O-])(CC(C)C(=O)O)CC(C)C(=O)O. The molecule has 0 amide bonds. The Hall–Kier alpha value is -1.89. The van der Waals surface area contributed by atoms with Crippen molar-refractivity contribution < 1.29 is 34.2 Å². The standard InChI is InChI=1S/C31H57NO6/c1-5-6-7-8-9-10-11-12-13-14-15-16-17-18-19-20-21-22-32(23-26(2)29(33)34,24-27(3)30(35)36)25-28(4)31(37)38/h5-6,26-28H,7-25H2,1-4H3,(H2-,33,34,35,36,37,38)/b6-5+. The summed E-state index contributed by atoms with van der Waals surface area (Å²) in [6.07, 6.45) is 22.8. The summed E-state index contributed by atoms with van der Waals surface area (Å²) in [6.45, 7) is 8.08. The summed E-state index contributed by atoms with van der Waals surface area (Å²) in [7, 11) is 0. The summed E-state index contributed by atoms with van der Waals surface area (Å²) in [5.41, 5.74) is 0. The zero-order chi connectivity index (χ0) is 28.8. The fourth-order valence-corrected chi connectivity index (χ4v) is 5.47. The smallest absolute Gasteiger partial charge is 0.311 e. The third kappa shape index (κ3) is 18.4. The second-order valence-corrected chi connectivity index (χ2v) is 11.6. The predicted molar refractivity (Wildman–Crippen MR) is 152 cm³/mol. The lowest BCUT2D eigenvalue weighted by atomic mass is 10.00. The van der Waals surface area contributed by atoms with Crippen LogP contribution < -0.4 is 5.11 Å². The molecule has 0 aliphatic heterocycles. The highest BCUT2D eigenvalue weighted by Gasteiger charge is 2.36. The first-order valence-electron chi connectivity index (χ1n) is 15.2. The number of nitrogens with zero attached hydrogens (tertiary/aromatic N) is 1. The van der Waals surface area contributed by atoms with Gasteiger partial charge in [0.25, 0.3) is 0 Å². The van der Waals surface area contributed by atoms with E-state index in [9.17, 15) is 29.7 Å². The normalized spacial score (nSPS) is 15.7. The van der Waals surface area contributed by atoms with Crippen LogP contribution in [0, 0.1) is 17.8 Å². The molecule has 0 spiro atoms. The minimum Gasteiger partial charge on any atom is -0.550 e. The van der Waals surface area contributed by atoms with Crippen LogP contribution in [-0.4, -0.2) is 58.8 Å². The van der Waals surface area contributed by atoms with Gasteiger partial charge in [-0.05, 0) is 46.5 Å². The summed E-state index contributed by atoms with van der Waals surface area (Å²) in [4.78, 5) is 34.7. The minimum atomic E-state index is -1.18. The average Bonchev–Trinajstić information content (AvgIpc) is 2.85. The lowest BCUT2D eigenvalue weighted by Crippen LogP contribution is -2.58. The van der Waals surface area contributed by atoms with E-state index in [4.69, 9.17) is 0 Å². The highest BCUT2D eigenvalue weighted by molar-refractivity contribution is 5.70. The quantitative estimate of drug-likeness (QED) is 0.0784. The molecule has 222 valence electrons. The lowest BCUT2D eigenvalue weighted by Gasteiger charge is -2.43. The van der Waals surface area contributed by atoms with Gasteiger partial charge in [0, 0.05) is 11.9 Å². The molecule has 3 atom stereocenters. The van der Waals surface area contributed by atoms with E-state index in [1.165, 1.54) is 77.0 Å². The fraction of sp³-hybridized carbons (Fsp3) is 0.839. The molecule has 7 nitrogen and oxygen atoms in total. The number of carboxylic acids is 3. The van der Waals surface area contributed by atoms with Gasteiger partial charge in [-0.3, -0.25) is 9.59 Å². The first-order valence-corrected chi connectivity index (χ1v) is 15.2. The Bertz CT molecular complexity index is 622. The zero-order valence-corrected chi connectivity index (χ0v) is 24.8. The molecule has 0 aromatic rings. The number of carbonyl (C=O) groups is 3. The van der Waals surface area contributed by atoms with E-state index < -0.39 is 35.7 Å². The van der Waals surface area contributed by atoms with Gasteiger partial charge in [-0.2, -0.15) is 0 Å². The van der Waals surface area contributed by atoms with Crippen molar-refractivity contribution in [3.63, 3.8) is 0 Å². The van der Waals surface area contributed by atoms with Crippen LogP contribution in [0.4, 0.5) is 0 Å². The van der Waals surface area contributed by atoms with Crippen LogP contribution in [0.5, 0.6) is 0 Å². The van der Waals surface area contributed by atoms with Gasteiger partial charge in [-0.25, -0.2) is 0 Å². The molecule has 0 fully saturated rings. The van der Waals surface area contributed by atoms with Crippen molar-refractivity contribution in [2.75, 3.05) is 26.2 Å². The molecule has 0 aliphatic carbocycles. The number of quaternary nitrogens is 1. The Morgan fingerprint density at radius 1 is 0.632 bits per heavy atom. The number of allylic oxidation sites excluding steroid dienone is 2. The third-order valence-corrected chi connectivity index (χ3v) is 7.72. The summed E-state index contributed by atoms with van der Waals surface area (Å²) >= 11 is 0. The van der Waals surface area contributed by atoms with Crippen molar-refractivity contribution >= 4 is 17.9 Å². The van der Waals surface area contributed by atoms with E-state index in [0.717, 1.165) is 19.3 Å². The molecule has 7 heteroatoms. The monoisotopic (exact) mass is 539 g/mol. The molecule has 0 aromatic heterocycles. The molecule has 0 saturated heterocycles. The summed E-state index contributed by atoms with van der Waals surface area (Å²) in [5.74, 6) is -5.23. The molecule has 0 aromatic carbocycles. The van der Waals surface area contributed by atoms with Gasteiger partial charge in [0.05, 0.1) is 26.2 Å². The molecule has 0 aliphatic rings. The van der Waals surface area contributed by atoms with Crippen LogP contribution >= 0.6 is 0 Å². The van der Waals surface area contributed by atoms with Crippen LogP contribution in [-0.2, 0) is 14.4 Å². The van der Waals surface area contributed by atoms with E-state index >= 15 is 0 Å². The van der Waals surface area contributed by atoms with E-state index in [0.29, 0.717) is 6.54 Å². The predicted octanol–water partition coefficient (Wildman–Crippen LogP) is 6.06. The topological polar surface area (TPSA) is 115 Å². The Kier molecular flexibility index (Phi) is 20.9. The first-order chi connectivity index (χ1) is 18.0. The lowest BCUT2D eigenvalue weighted by molar-refractivity contribution is -0.934. The van der Waals surface area contributed by atoms with Crippen molar-refractivity contribution in [1.29, 1.82) is 0 Å². The van der Waals surface area contributed by atoms with E-state index in [-0.39, 0.29) is 24.1 Å². The Labute approximate surface area is 232 Å². The molecule has 0 saturated carbocycles. The third-order valence-electron chi connectivity index (χ3n) is 7.72. The number of carbonyl (C=O) groups excluding carboxylic acids is 1. The minimum absolute atomic E-state index is 0.186. The summed E-state index contributed by atoms with van der Waals surface area (Å²) in [5, 5.41) is 30.5. The van der Waals surface area contributed by atoms with Crippen LogP contribution in [0.25, 0.3) is 0 Å². The van der Waals surface area contributed by atoms with Crippen LogP contribution in [0.1, 0.15) is 124 Å². The largest absolute Gasteiger partial charge is 0.550 e. The van der Waals surface area contributed by atoms with Gasteiger partial charge in [-0.1, -0.05) is 89.7 Å². The van der Waals surface area contributed by atoms with E-state index in [1.54, 1.807) is 20.8 Å². The van der Waals surface area contributed by atoms with Crippen molar-refractivity contribution in [1.82, 2.24) is 0 Å². The summed E-state index contributed by atoms with van der Waals surface area (Å²) in [6, 6.07) is 0. The number of hydrogen-bond acceptors (Lipinski definition) is 4. The van der Waals surface area contributed by atoms with Gasteiger partial charge in [-0.15, -0.1) is 0 Å². The highest BCUT2D eigenvalue weighted by atomic mass is 16.4. The Morgan fingerprint density at radius 2 is 0.974 bits per heavy atom. The average molecular weight is 540 g/mol. The fourth-order valence-electron chi connectivity index (χ4n) is 5.47. The maximum Gasteiger partial charge on any atom is 0.311 e. The first kappa shape index (κ1) is 36.1. The molecule has 0 rings (SSSR count). The number of aliphatic carboxylic acids is 3. The molecule has 0 heterocycles. The number of unbranched alkanes of at least 4 members (excludes halogenated alkanes) is 14. The van der Waals surface area contributed by atoms with Gasteiger partial charge >= 0.3 is 11.9 Å². The second kappa shape index (κ2) is 22.0. The zero-order valence-electron chi connectivity index (χ0n) is 24.8. The van der Waals surface area contributed by atoms with E-state index in [2.05, 4.69) is 19.1 Å². The van der Waals surface area contributed by atoms with Crippen molar-refractivity contribution in [3.8, 4) is 0 Å². The van der Waals surface area contributed by atoms with Gasteiger partial charge in [0.1, 0.15) is 11.8 Å². The molecular formula is C31H57NO6. The van der Waals surface area contributed by atoms with Crippen molar-refractivity contribution in [2.24, 2.45) is 17.8 Å². The molecule has 2 N–H and O–H groups in total. The van der Waals surface area contributed by atoms with Gasteiger partial charge in [0.2, 0.25) is 0 Å². The van der Waals surface area contributed by atoms with Crippen LogP contribution in [0.2, 0.25) is 0 Å². The van der Waals surface area contributed by atoms with E-state index in [1.807, 2.05) is 0 Å². The molecule has 38 heavy (non-hydrogen) atoms. The molecule has 0 radical (unpaired) electrons. The van der Waals surface area contributed by atoms with Crippen molar-refractivity contribution in [2.45, 2.75) is 124 Å². The van der Waals surface area contributed by atoms with Gasteiger partial charge in [0.15, 0.2) is 0 Å². The number of carboxylic acid groups (broad SMARTS) is 3.